The van der Waals surface area contributed by atoms with E-state index in [1.807, 2.05) is 17.5 Å². The molecule has 3 heteroatoms. The molecule has 1 unspecified atom stereocenters. The Balaban J connectivity index is 2.31. The first-order valence-electron chi connectivity index (χ1n) is 6.23. The summed E-state index contributed by atoms with van der Waals surface area (Å²) in [6, 6.07) is 0. The van der Waals surface area contributed by atoms with Crippen molar-refractivity contribution >= 4 is 11.3 Å². The molecule has 92 valence electrons. The van der Waals surface area contributed by atoms with Gasteiger partial charge < -0.3 is 5.32 Å². The zero-order valence-corrected chi connectivity index (χ0v) is 11.7. The normalized spacial score (nSPS) is 13.3. The third-order valence-electron chi connectivity index (χ3n) is 2.72. The molecule has 0 aromatic carbocycles. The van der Waals surface area contributed by atoms with Crippen LogP contribution in [-0.4, -0.2) is 18.1 Å². The van der Waals surface area contributed by atoms with Crippen LogP contribution in [0.4, 0.5) is 0 Å². The molecule has 0 saturated carbocycles. The van der Waals surface area contributed by atoms with Crippen LogP contribution in [0, 0.1) is 18.8 Å². The minimum absolute atomic E-state index is 0.739. The molecule has 2 nitrogen and oxygen atoms in total. The molecule has 1 N–H and O–H groups in total. The Bertz CT molecular complexity index is 294. The Labute approximate surface area is 103 Å². The molecule has 0 aliphatic heterocycles. The van der Waals surface area contributed by atoms with Gasteiger partial charge in [-0.3, -0.25) is 0 Å². The molecule has 0 spiro atoms. The average Bonchev–Trinajstić information content (AvgIpc) is 2.62. The zero-order chi connectivity index (χ0) is 12.0. The van der Waals surface area contributed by atoms with E-state index >= 15 is 0 Å². The summed E-state index contributed by atoms with van der Waals surface area (Å²) in [6.07, 6.45) is 4.44. The number of thiazole rings is 1. The summed E-state index contributed by atoms with van der Waals surface area (Å²) >= 11 is 1.83. The van der Waals surface area contributed by atoms with Gasteiger partial charge in [0.25, 0.3) is 0 Å². The van der Waals surface area contributed by atoms with Crippen LogP contribution in [0.25, 0.3) is 0 Å². The molecule has 16 heavy (non-hydrogen) atoms. The van der Waals surface area contributed by atoms with Gasteiger partial charge in [0.1, 0.15) is 0 Å². The summed E-state index contributed by atoms with van der Waals surface area (Å²) in [5, 5.41) is 4.73. The van der Waals surface area contributed by atoms with Crippen molar-refractivity contribution in [2.45, 2.75) is 40.5 Å². The van der Waals surface area contributed by atoms with E-state index in [9.17, 15) is 0 Å². The van der Waals surface area contributed by atoms with Gasteiger partial charge in [-0.05, 0) is 38.3 Å². The molecule has 0 bridgehead atoms. The van der Waals surface area contributed by atoms with Crippen LogP contribution >= 0.6 is 11.3 Å². The van der Waals surface area contributed by atoms with Crippen molar-refractivity contribution in [2.75, 3.05) is 13.1 Å². The molecule has 0 aliphatic carbocycles. The lowest BCUT2D eigenvalue weighted by Gasteiger charge is -2.15. The molecule has 0 saturated heterocycles. The maximum absolute atomic E-state index is 4.31. The summed E-state index contributed by atoms with van der Waals surface area (Å²) < 4.78 is 0. The summed E-state index contributed by atoms with van der Waals surface area (Å²) in [5.41, 5.74) is 0. The molecule has 1 atom stereocenters. The Kier molecular flexibility index (Phi) is 5.99. The van der Waals surface area contributed by atoms with Crippen molar-refractivity contribution in [3.8, 4) is 0 Å². The molecule has 1 rings (SSSR count). The molecular formula is C13H24N2S. The van der Waals surface area contributed by atoms with Gasteiger partial charge in [-0.25, -0.2) is 4.98 Å². The Morgan fingerprint density at radius 3 is 2.62 bits per heavy atom. The smallest absolute Gasteiger partial charge is 0.0896 e. The van der Waals surface area contributed by atoms with Crippen LogP contribution in [0.1, 0.15) is 37.1 Å². The predicted molar refractivity (Wildman–Crippen MR) is 72.0 cm³/mol. The third kappa shape index (κ3) is 5.08. The van der Waals surface area contributed by atoms with Gasteiger partial charge in [0.15, 0.2) is 0 Å². The van der Waals surface area contributed by atoms with Crippen LogP contribution in [0.5, 0.6) is 0 Å². The third-order valence-corrected chi connectivity index (χ3v) is 3.66. The fourth-order valence-corrected chi connectivity index (χ4v) is 2.63. The van der Waals surface area contributed by atoms with E-state index in [-0.39, 0.29) is 0 Å². The highest BCUT2D eigenvalue weighted by molar-refractivity contribution is 7.11. The van der Waals surface area contributed by atoms with Crippen molar-refractivity contribution < 1.29 is 0 Å². The molecule has 1 heterocycles. The second-order valence-electron chi connectivity index (χ2n) is 4.88. The predicted octanol–water partition coefficient (Wildman–Crippen LogP) is 3.27. The van der Waals surface area contributed by atoms with E-state index in [4.69, 9.17) is 0 Å². The van der Waals surface area contributed by atoms with E-state index < -0.39 is 0 Å². The van der Waals surface area contributed by atoms with Crippen molar-refractivity contribution in [1.82, 2.24) is 10.3 Å². The maximum Gasteiger partial charge on any atom is 0.0896 e. The number of hydrogen-bond donors (Lipinski definition) is 1. The number of hydrogen-bond acceptors (Lipinski definition) is 3. The van der Waals surface area contributed by atoms with E-state index in [0.29, 0.717) is 0 Å². The maximum atomic E-state index is 4.31. The van der Waals surface area contributed by atoms with Crippen LogP contribution < -0.4 is 5.32 Å². The summed E-state index contributed by atoms with van der Waals surface area (Å²) in [7, 11) is 0. The van der Waals surface area contributed by atoms with Gasteiger partial charge in [0, 0.05) is 11.1 Å². The van der Waals surface area contributed by atoms with Crippen LogP contribution in [0.2, 0.25) is 0 Å². The Morgan fingerprint density at radius 1 is 1.38 bits per heavy atom. The standard InChI is InChI=1S/C13H24N2S/c1-5-12(8-14-7-10(2)3)6-13-9-15-11(4)16-13/h9-10,12,14H,5-8H2,1-4H3. The summed E-state index contributed by atoms with van der Waals surface area (Å²) in [4.78, 5) is 5.74. The van der Waals surface area contributed by atoms with E-state index in [2.05, 4.69) is 38.0 Å². The van der Waals surface area contributed by atoms with Crippen molar-refractivity contribution in [1.29, 1.82) is 0 Å². The highest BCUT2D eigenvalue weighted by Gasteiger charge is 2.09. The lowest BCUT2D eigenvalue weighted by Crippen LogP contribution is -2.27. The number of nitrogens with one attached hydrogen (secondary N) is 1. The van der Waals surface area contributed by atoms with Crippen molar-refractivity contribution in [3.05, 3.63) is 16.1 Å². The summed E-state index contributed by atoms with van der Waals surface area (Å²) in [5.74, 6) is 1.49. The van der Waals surface area contributed by atoms with Gasteiger partial charge >= 0.3 is 0 Å². The average molecular weight is 240 g/mol. The Morgan fingerprint density at radius 2 is 2.12 bits per heavy atom. The number of aromatic nitrogens is 1. The van der Waals surface area contributed by atoms with Gasteiger partial charge in [-0.2, -0.15) is 0 Å². The molecule has 0 radical (unpaired) electrons. The monoisotopic (exact) mass is 240 g/mol. The number of rotatable bonds is 7. The highest BCUT2D eigenvalue weighted by Crippen LogP contribution is 2.17. The van der Waals surface area contributed by atoms with Crippen molar-refractivity contribution in [2.24, 2.45) is 11.8 Å². The highest BCUT2D eigenvalue weighted by atomic mass is 32.1. The van der Waals surface area contributed by atoms with Crippen LogP contribution in [0.3, 0.4) is 0 Å². The first-order chi connectivity index (χ1) is 7.61. The molecule has 0 fully saturated rings. The minimum atomic E-state index is 0.739. The SMILES string of the molecule is CCC(CNCC(C)C)Cc1cnc(C)s1. The lowest BCUT2D eigenvalue weighted by atomic mass is 10.0. The largest absolute Gasteiger partial charge is 0.316 e. The first-order valence-corrected chi connectivity index (χ1v) is 7.05. The fourth-order valence-electron chi connectivity index (χ4n) is 1.72. The molecule has 0 amide bonds. The fraction of sp³-hybridized carbons (Fsp3) is 0.769. The molecular weight excluding hydrogens is 216 g/mol. The molecule has 1 aromatic rings. The van der Waals surface area contributed by atoms with Crippen LogP contribution in [0.15, 0.2) is 6.20 Å². The van der Waals surface area contributed by atoms with Crippen molar-refractivity contribution in [3.63, 3.8) is 0 Å². The van der Waals surface area contributed by atoms with Gasteiger partial charge in [-0.15, -0.1) is 11.3 Å². The number of nitrogens with zero attached hydrogens (tertiary/aromatic N) is 1. The van der Waals surface area contributed by atoms with Gasteiger partial charge in [0.2, 0.25) is 0 Å². The van der Waals surface area contributed by atoms with Crippen LogP contribution in [-0.2, 0) is 6.42 Å². The van der Waals surface area contributed by atoms with E-state index in [1.54, 1.807) is 0 Å². The Hall–Kier alpha value is -0.410. The quantitative estimate of drug-likeness (QED) is 0.791. The van der Waals surface area contributed by atoms with E-state index in [1.165, 1.54) is 22.7 Å². The molecule has 0 aliphatic rings. The van der Waals surface area contributed by atoms with E-state index in [0.717, 1.165) is 24.9 Å². The lowest BCUT2D eigenvalue weighted by molar-refractivity contribution is 0.439. The first kappa shape index (κ1) is 13.7. The van der Waals surface area contributed by atoms with Gasteiger partial charge in [-0.1, -0.05) is 27.2 Å². The van der Waals surface area contributed by atoms with Gasteiger partial charge in [0.05, 0.1) is 5.01 Å². The second kappa shape index (κ2) is 7.02. The summed E-state index contributed by atoms with van der Waals surface area (Å²) in [6.45, 7) is 11.1. The molecule has 1 aromatic heterocycles. The topological polar surface area (TPSA) is 24.9 Å². The number of aryl methyl sites for hydroxylation is 1. The minimum Gasteiger partial charge on any atom is -0.316 e. The zero-order valence-electron chi connectivity index (χ0n) is 10.9. The second-order valence-corrected chi connectivity index (χ2v) is 6.20.